The van der Waals surface area contributed by atoms with Crippen molar-refractivity contribution in [1.82, 2.24) is 0 Å². The first-order chi connectivity index (χ1) is 15.2. The average Bonchev–Trinajstić information content (AvgIpc) is 3.44. The molecule has 0 aromatic heterocycles. The van der Waals surface area contributed by atoms with Crippen LogP contribution in [0.4, 0.5) is 0 Å². The van der Waals surface area contributed by atoms with Gasteiger partial charge < -0.3 is 9.47 Å². The molecule has 4 fully saturated rings. The molecule has 0 N–H and O–H groups in total. The molecule has 0 unspecified atom stereocenters. The topological polar surface area (TPSA) is 52.6 Å². The van der Waals surface area contributed by atoms with Crippen molar-refractivity contribution in [3.05, 3.63) is 29.8 Å². The molecule has 1 aromatic carbocycles. The third-order valence-corrected chi connectivity index (χ3v) is 10.1. The smallest absolute Gasteiger partial charge is 0.338 e. The molecule has 0 amide bonds. The Labute approximate surface area is 192 Å². The number of esters is 2. The summed E-state index contributed by atoms with van der Waals surface area (Å²) in [5.41, 5.74) is 0.736. The molecule has 4 aliphatic rings. The monoisotopic (exact) mass is 438 g/mol. The quantitative estimate of drug-likeness (QED) is 0.394. The Hall–Kier alpha value is -1.84. The number of rotatable bonds is 4. The van der Waals surface area contributed by atoms with Gasteiger partial charge in [-0.1, -0.05) is 33.6 Å². The molecule has 4 saturated carbocycles. The van der Waals surface area contributed by atoms with Crippen LogP contribution in [-0.2, 0) is 9.53 Å². The lowest BCUT2D eigenvalue weighted by Crippen LogP contribution is -2.47. The van der Waals surface area contributed by atoms with Crippen molar-refractivity contribution in [2.75, 3.05) is 0 Å². The summed E-state index contributed by atoms with van der Waals surface area (Å²) in [7, 11) is 0. The second-order valence-corrected chi connectivity index (χ2v) is 12.0. The molecule has 0 radical (unpaired) electrons. The molecule has 4 aliphatic carbocycles. The molecule has 4 nitrogen and oxygen atoms in total. The van der Waals surface area contributed by atoms with Crippen molar-refractivity contribution < 1.29 is 19.1 Å². The summed E-state index contributed by atoms with van der Waals surface area (Å²) < 4.78 is 11.8. The first-order valence-electron chi connectivity index (χ1n) is 12.7. The first kappa shape index (κ1) is 22.0. The summed E-state index contributed by atoms with van der Waals surface area (Å²) in [5, 5.41) is 0. The van der Waals surface area contributed by atoms with Crippen molar-refractivity contribution in [3.63, 3.8) is 0 Å². The van der Waals surface area contributed by atoms with E-state index in [0.717, 1.165) is 43.9 Å². The number of carbonyl (C=O) groups excluding carboxylic acids is 2. The van der Waals surface area contributed by atoms with E-state index in [9.17, 15) is 9.59 Å². The SMILES string of the molecule is C[C@@H]1CC[C@H]2C(C)(C)[C@H]3C[C@@]12CC[C@@]3(C)OC(=O)c1ccc(OC(=O)C2CCCC2)cc1. The Morgan fingerprint density at radius 2 is 1.59 bits per heavy atom. The van der Waals surface area contributed by atoms with Gasteiger partial charge in [0.15, 0.2) is 0 Å². The Bertz CT molecular complexity index is 897. The zero-order valence-corrected chi connectivity index (χ0v) is 20.1. The summed E-state index contributed by atoms with van der Waals surface area (Å²) in [6.07, 6.45) is 9.99. The minimum absolute atomic E-state index is 0.0196. The lowest BCUT2D eigenvalue weighted by Gasteiger charge is -2.46. The summed E-state index contributed by atoms with van der Waals surface area (Å²) in [6.45, 7) is 9.42. The molecular formula is C28H38O4. The van der Waals surface area contributed by atoms with Crippen molar-refractivity contribution in [1.29, 1.82) is 0 Å². The van der Waals surface area contributed by atoms with Gasteiger partial charge in [-0.25, -0.2) is 4.79 Å². The molecule has 174 valence electrons. The van der Waals surface area contributed by atoms with E-state index in [1.165, 1.54) is 25.7 Å². The van der Waals surface area contributed by atoms with Gasteiger partial charge in [-0.05, 0) is 98.8 Å². The molecule has 32 heavy (non-hydrogen) atoms. The van der Waals surface area contributed by atoms with E-state index in [1.807, 2.05) is 0 Å². The minimum Gasteiger partial charge on any atom is -0.455 e. The van der Waals surface area contributed by atoms with Gasteiger partial charge in [0, 0.05) is 5.92 Å². The van der Waals surface area contributed by atoms with E-state index in [0.29, 0.717) is 22.6 Å². The highest BCUT2D eigenvalue weighted by molar-refractivity contribution is 5.90. The van der Waals surface area contributed by atoms with Crippen molar-refractivity contribution >= 4 is 11.9 Å². The summed E-state index contributed by atoms with van der Waals surface area (Å²) >= 11 is 0. The van der Waals surface area contributed by atoms with Gasteiger partial charge in [0.2, 0.25) is 0 Å². The second-order valence-electron chi connectivity index (χ2n) is 12.0. The van der Waals surface area contributed by atoms with E-state index in [-0.39, 0.29) is 23.3 Å². The standard InChI is InChI=1S/C28H38O4/c1-18-9-14-22-26(2,3)23-17-28(18,22)16-15-27(23,4)32-25(30)20-10-12-21(13-11-20)31-24(29)19-7-5-6-8-19/h10-13,18-19,22-23H,5-9,14-17H2,1-4H3/t18-,22+,23-,27-,28+/m1/s1. The Morgan fingerprint density at radius 3 is 2.28 bits per heavy atom. The highest BCUT2D eigenvalue weighted by Gasteiger charge is 2.68. The number of ether oxygens (including phenoxy) is 2. The zero-order valence-electron chi connectivity index (χ0n) is 20.1. The molecule has 0 heterocycles. The number of hydrogen-bond donors (Lipinski definition) is 0. The van der Waals surface area contributed by atoms with Crippen molar-refractivity contribution in [2.24, 2.45) is 34.5 Å². The molecule has 5 rings (SSSR count). The van der Waals surface area contributed by atoms with Crippen LogP contribution in [0.5, 0.6) is 5.75 Å². The largest absolute Gasteiger partial charge is 0.455 e. The predicted molar refractivity (Wildman–Crippen MR) is 123 cm³/mol. The molecule has 1 spiro atoms. The Kier molecular flexibility index (Phi) is 5.22. The van der Waals surface area contributed by atoms with Gasteiger partial charge in [-0.2, -0.15) is 0 Å². The molecule has 2 bridgehead atoms. The van der Waals surface area contributed by atoms with E-state index >= 15 is 0 Å². The average molecular weight is 439 g/mol. The first-order valence-corrected chi connectivity index (χ1v) is 12.7. The van der Waals surface area contributed by atoms with Gasteiger partial charge in [-0.3, -0.25) is 4.79 Å². The van der Waals surface area contributed by atoms with Gasteiger partial charge >= 0.3 is 11.9 Å². The molecule has 0 saturated heterocycles. The van der Waals surface area contributed by atoms with Crippen LogP contribution < -0.4 is 4.74 Å². The molecule has 1 aromatic rings. The summed E-state index contributed by atoms with van der Waals surface area (Å²) in [6, 6.07) is 6.88. The molecule has 5 atom stereocenters. The summed E-state index contributed by atoms with van der Waals surface area (Å²) in [4.78, 5) is 25.4. The van der Waals surface area contributed by atoms with Gasteiger partial charge in [-0.15, -0.1) is 0 Å². The van der Waals surface area contributed by atoms with E-state index in [1.54, 1.807) is 24.3 Å². The van der Waals surface area contributed by atoms with Crippen LogP contribution in [0.1, 0.15) is 95.8 Å². The van der Waals surface area contributed by atoms with Crippen LogP contribution in [0.15, 0.2) is 24.3 Å². The van der Waals surface area contributed by atoms with Crippen LogP contribution >= 0.6 is 0 Å². The Morgan fingerprint density at radius 1 is 0.906 bits per heavy atom. The van der Waals surface area contributed by atoms with Crippen LogP contribution in [0.25, 0.3) is 0 Å². The fourth-order valence-corrected chi connectivity index (χ4v) is 8.27. The van der Waals surface area contributed by atoms with E-state index in [2.05, 4.69) is 27.7 Å². The normalized spacial score (nSPS) is 37.8. The number of carbonyl (C=O) groups is 2. The maximum absolute atomic E-state index is 13.1. The fourth-order valence-electron chi connectivity index (χ4n) is 8.27. The number of fused-ring (bicyclic) bond motifs is 1. The van der Waals surface area contributed by atoms with Crippen molar-refractivity contribution in [2.45, 2.75) is 91.1 Å². The molecule has 4 heteroatoms. The van der Waals surface area contributed by atoms with Crippen LogP contribution in [0.3, 0.4) is 0 Å². The van der Waals surface area contributed by atoms with E-state index in [4.69, 9.17) is 9.47 Å². The molecular weight excluding hydrogens is 400 g/mol. The zero-order chi connectivity index (χ0) is 22.7. The summed E-state index contributed by atoms with van der Waals surface area (Å²) in [5.74, 6) is 2.02. The molecule has 0 aliphatic heterocycles. The third kappa shape index (κ3) is 3.31. The van der Waals surface area contributed by atoms with Gasteiger partial charge in [0.1, 0.15) is 11.4 Å². The highest BCUT2D eigenvalue weighted by atomic mass is 16.6. The predicted octanol–water partition coefficient (Wildman–Crippen LogP) is 6.57. The lowest BCUT2D eigenvalue weighted by atomic mass is 9.64. The van der Waals surface area contributed by atoms with Crippen LogP contribution in [0, 0.1) is 34.5 Å². The fraction of sp³-hybridized carbons (Fsp3) is 0.714. The van der Waals surface area contributed by atoms with Crippen LogP contribution in [0.2, 0.25) is 0 Å². The highest BCUT2D eigenvalue weighted by Crippen LogP contribution is 2.73. The third-order valence-electron chi connectivity index (χ3n) is 10.1. The van der Waals surface area contributed by atoms with Crippen LogP contribution in [-0.4, -0.2) is 17.5 Å². The van der Waals surface area contributed by atoms with E-state index < -0.39 is 5.60 Å². The van der Waals surface area contributed by atoms with Gasteiger partial charge in [0.05, 0.1) is 11.5 Å². The van der Waals surface area contributed by atoms with Gasteiger partial charge in [0.25, 0.3) is 0 Å². The maximum atomic E-state index is 13.1. The second kappa shape index (κ2) is 7.60. The maximum Gasteiger partial charge on any atom is 0.338 e. The lowest BCUT2D eigenvalue weighted by molar-refractivity contribution is -0.138. The number of benzene rings is 1. The minimum atomic E-state index is -0.427. The Balaban J connectivity index is 1.27. The number of hydrogen-bond acceptors (Lipinski definition) is 4. The van der Waals surface area contributed by atoms with Crippen molar-refractivity contribution in [3.8, 4) is 5.75 Å².